The number of carbonyl (C=O) groups is 1. The van der Waals surface area contributed by atoms with Crippen molar-refractivity contribution in [2.24, 2.45) is 4.99 Å². The van der Waals surface area contributed by atoms with E-state index in [1.54, 1.807) is 7.11 Å². The molecule has 1 aliphatic heterocycles. The van der Waals surface area contributed by atoms with Gasteiger partial charge in [-0.05, 0) is 55.2 Å². The standard InChI is InChI=1S/C25H34N4O3/c1-3-26-25(27-15-5-17-32-19-21-9-13-23(31-2)14-10-21)28-18-20-7-11-22(12-8-20)29-16-4-6-24(29)30/h7-14H,3-6,15-19H2,1-2H3,(H2,26,27,28). The summed E-state index contributed by atoms with van der Waals surface area (Å²) in [6.45, 7) is 6.30. The summed E-state index contributed by atoms with van der Waals surface area (Å²) in [4.78, 5) is 18.4. The summed E-state index contributed by atoms with van der Waals surface area (Å²) in [7, 11) is 1.66. The van der Waals surface area contributed by atoms with Gasteiger partial charge in [0.25, 0.3) is 0 Å². The summed E-state index contributed by atoms with van der Waals surface area (Å²) >= 11 is 0. The van der Waals surface area contributed by atoms with E-state index in [4.69, 9.17) is 9.47 Å². The van der Waals surface area contributed by atoms with Crippen molar-refractivity contribution in [1.29, 1.82) is 0 Å². The lowest BCUT2D eigenvalue weighted by molar-refractivity contribution is -0.117. The van der Waals surface area contributed by atoms with Crippen LogP contribution in [0.1, 0.15) is 37.3 Å². The fourth-order valence-corrected chi connectivity index (χ4v) is 3.51. The number of carbonyl (C=O) groups excluding carboxylic acids is 1. The van der Waals surface area contributed by atoms with Crippen LogP contribution in [0.4, 0.5) is 5.69 Å². The predicted molar refractivity (Wildman–Crippen MR) is 128 cm³/mol. The molecule has 0 unspecified atom stereocenters. The Balaban J connectivity index is 1.38. The molecule has 2 aromatic rings. The van der Waals surface area contributed by atoms with Crippen molar-refractivity contribution in [3.05, 3.63) is 59.7 Å². The quantitative estimate of drug-likeness (QED) is 0.319. The zero-order valence-electron chi connectivity index (χ0n) is 19.1. The first kappa shape index (κ1) is 23.6. The maximum Gasteiger partial charge on any atom is 0.227 e. The number of aliphatic imine (C=N–C) groups is 1. The lowest BCUT2D eigenvalue weighted by atomic mass is 10.2. The van der Waals surface area contributed by atoms with E-state index < -0.39 is 0 Å². The van der Waals surface area contributed by atoms with E-state index in [2.05, 4.69) is 22.5 Å². The molecule has 1 saturated heterocycles. The summed E-state index contributed by atoms with van der Waals surface area (Å²) in [6.07, 6.45) is 2.48. The van der Waals surface area contributed by atoms with E-state index in [-0.39, 0.29) is 5.91 Å². The van der Waals surface area contributed by atoms with Gasteiger partial charge in [0.15, 0.2) is 5.96 Å². The number of nitrogens with zero attached hydrogens (tertiary/aromatic N) is 2. The Labute approximate surface area is 190 Å². The molecule has 0 radical (unpaired) electrons. The summed E-state index contributed by atoms with van der Waals surface area (Å²) < 4.78 is 10.9. The fraction of sp³-hybridized carbons (Fsp3) is 0.440. The van der Waals surface area contributed by atoms with Gasteiger partial charge in [0.1, 0.15) is 5.75 Å². The van der Waals surface area contributed by atoms with Crippen LogP contribution >= 0.6 is 0 Å². The molecule has 1 heterocycles. The Hall–Kier alpha value is -3.06. The third-order valence-electron chi connectivity index (χ3n) is 5.27. The van der Waals surface area contributed by atoms with Gasteiger partial charge < -0.3 is 25.0 Å². The SMILES string of the molecule is CCNC(=NCc1ccc(N2CCCC2=O)cc1)NCCCOCc1ccc(OC)cc1. The van der Waals surface area contributed by atoms with Gasteiger partial charge in [-0.1, -0.05) is 24.3 Å². The van der Waals surface area contributed by atoms with E-state index in [9.17, 15) is 4.79 Å². The zero-order chi connectivity index (χ0) is 22.6. The largest absolute Gasteiger partial charge is 0.497 e. The van der Waals surface area contributed by atoms with Crippen LogP contribution in [0.5, 0.6) is 5.75 Å². The van der Waals surface area contributed by atoms with E-state index in [0.717, 1.165) is 61.0 Å². The number of ether oxygens (including phenoxy) is 2. The van der Waals surface area contributed by atoms with Crippen LogP contribution < -0.4 is 20.3 Å². The molecule has 1 amide bonds. The minimum absolute atomic E-state index is 0.211. The molecule has 2 aromatic carbocycles. The number of rotatable bonds is 11. The maximum absolute atomic E-state index is 11.9. The van der Waals surface area contributed by atoms with Gasteiger partial charge in [0.2, 0.25) is 5.91 Å². The minimum Gasteiger partial charge on any atom is -0.497 e. The van der Waals surface area contributed by atoms with Gasteiger partial charge in [0, 0.05) is 38.3 Å². The average molecular weight is 439 g/mol. The molecule has 32 heavy (non-hydrogen) atoms. The van der Waals surface area contributed by atoms with Crippen molar-refractivity contribution in [2.45, 2.75) is 39.3 Å². The Morgan fingerprint density at radius 2 is 1.81 bits per heavy atom. The van der Waals surface area contributed by atoms with Crippen molar-refractivity contribution in [1.82, 2.24) is 10.6 Å². The van der Waals surface area contributed by atoms with Crippen molar-refractivity contribution in [2.75, 3.05) is 38.3 Å². The first-order chi connectivity index (χ1) is 15.7. The zero-order valence-corrected chi connectivity index (χ0v) is 19.1. The van der Waals surface area contributed by atoms with E-state index in [1.807, 2.05) is 53.4 Å². The number of anilines is 1. The topological polar surface area (TPSA) is 75.2 Å². The molecule has 0 spiro atoms. The molecule has 0 aromatic heterocycles. The van der Waals surface area contributed by atoms with Crippen molar-refractivity contribution < 1.29 is 14.3 Å². The highest BCUT2D eigenvalue weighted by Crippen LogP contribution is 2.21. The van der Waals surface area contributed by atoms with Crippen LogP contribution in [0.25, 0.3) is 0 Å². The highest BCUT2D eigenvalue weighted by atomic mass is 16.5. The Morgan fingerprint density at radius 1 is 1.06 bits per heavy atom. The third-order valence-corrected chi connectivity index (χ3v) is 5.27. The molecule has 3 rings (SSSR count). The predicted octanol–water partition coefficient (Wildman–Crippen LogP) is 3.48. The molecule has 1 aliphatic rings. The molecule has 0 atom stereocenters. The van der Waals surface area contributed by atoms with Crippen molar-refractivity contribution >= 4 is 17.6 Å². The van der Waals surface area contributed by atoms with Gasteiger partial charge >= 0.3 is 0 Å². The number of guanidine groups is 1. The second-order valence-corrected chi connectivity index (χ2v) is 7.69. The van der Waals surface area contributed by atoms with Crippen LogP contribution in [0.15, 0.2) is 53.5 Å². The first-order valence-electron chi connectivity index (χ1n) is 11.3. The minimum atomic E-state index is 0.211. The molecule has 1 fully saturated rings. The Bertz CT molecular complexity index is 866. The molecule has 0 saturated carbocycles. The molecular weight excluding hydrogens is 404 g/mol. The van der Waals surface area contributed by atoms with Crippen LogP contribution in [0.2, 0.25) is 0 Å². The third kappa shape index (κ3) is 7.27. The van der Waals surface area contributed by atoms with E-state index >= 15 is 0 Å². The summed E-state index contributed by atoms with van der Waals surface area (Å²) in [5.74, 6) is 1.86. The van der Waals surface area contributed by atoms with Gasteiger partial charge in [-0.25, -0.2) is 4.99 Å². The van der Waals surface area contributed by atoms with Gasteiger partial charge in [-0.2, -0.15) is 0 Å². The monoisotopic (exact) mass is 438 g/mol. The Morgan fingerprint density at radius 3 is 2.47 bits per heavy atom. The number of benzene rings is 2. The van der Waals surface area contributed by atoms with Gasteiger partial charge in [-0.15, -0.1) is 0 Å². The van der Waals surface area contributed by atoms with Gasteiger partial charge in [0.05, 0.1) is 20.3 Å². The highest BCUT2D eigenvalue weighted by molar-refractivity contribution is 5.95. The first-order valence-corrected chi connectivity index (χ1v) is 11.3. The smallest absolute Gasteiger partial charge is 0.227 e. The normalized spacial score (nSPS) is 14.0. The molecule has 2 N–H and O–H groups in total. The van der Waals surface area contributed by atoms with Crippen LogP contribution in [-0.2, 0) is 22.7 Å². The molecule has 0 bridgehead atoms. The molecule has 7 nitrogen and oxygen atoms in total. The summed E-state index contributed by atoms with van der Waals surface area (Å²) in [5.41, 5.74) is 3.22. The van der Waals surface area contributed by atoms with E-state index in [0.29, 0.717) is 26.2 Å². The molecular formula is C25H34N4O3. The lowest BCUT2D eigenvalue weighted by Crippen LogP contribution is -2.38. The summed E-state index contributed by atoms with van der Waals surface area (Å²) in [5, 5.41) is 6.63. The number of hydrogen-bond donors (Lipinski definition) is 2. The van der Waals surface area contributed by atoms with Crippen LogP contribution in [0.3, 0.4) is 0 Å². The van der Waals surface area contributed by atoms with Crippen molar-refractivity contribution in [3.63, 3.8) is 0 Å². The van der Waals surface area contributed by atoms with Gasteiger partial charge in [-0.3, -0.25) is 4.79 Å². The van der Waals surface area contributed by atoms with Crippen molar-refractivity contribution in [3.8, 4) is 5.75 Å². The van der Waals surface area contributed by atoms with Crippen LogP contribution in [-0.4, -0.2) is 45.2 Å². The lowest BCUT2D eigenvalue weighted by Gasteiger charge is -2.16. The number of nitrogens with one attached hydrogen (secondary N) is 2. The number of amides is 1. The highest BCUT2D eigenvalue weighted by Gasteiger charge is 2.21. The van der Waals surface area contributed by atoms with Crippen LogP contribution in [0, 0.1) is 0 Å². The fourth-order valence-electron chi connectivity index (χ4n) is 3.51. The summed E-state index contributed by atoms with van der Waals surface area (Å²) in [6, 6.07) is 16.0. The van der Waals surface area contributed by atoms with E-state index in [1.165, 1.54) is 0 Å². The average Bonchev–Trinajstić information content (AvgIpc) is 3.26. The second-order valence-electron chi connectivity index (χ2n) is 7.69. The molecule has 172 valence electrons. The molecule has 7 heteroatoms. The Kier molecular flexibility index (Phi) is 9.37. The number of methoxy groups -OCH3 is 1. The molecule has 0 aliphatic carbocycles. The maximum atomic E-state index is 11.9. The second kappa shape index (κ2) is 12.7. The number of hydrogen-bond acceptors (Lipinski definition) is 4.